The van der Waals surface area contributed by atoms with E-state index >= 15 is 0 Å². The molecule has 2 atom stereocenters. The highest BCUT2D eigenvalue weighted by molar-refractivity contribution is 5.83. The molecule has 5 heteroatoms. The molecule has 1 aliphatic rings. The molecule has 0 aromatic heterocycles. The second-order valence-corrected chi connectivity index (χ2v) is 4.68. The van der Waals surface area contributed by atoms with Gasteiger partial charge in [-0.15, -0.1) is 0 Å². The molecule has 1 aromatic carbocycles. The van der Waals surface area contributed by atoms with Gasteiger partial charge in [-0.3, -0.25) is 4.79 Å². The van der Waals surface area contributed by atoms with Gasteiger partial charge in [-0.1, -0.05) is 30.3 Å². The van der Waals surface area contributed by atoms with E-state index in [0.29, 0.717) is 19.6 Å². The Bertz CT molecular complexity index is 438. The number of ether oxygens (including phenoxy) is 1. The van der Waals surface area contributed by atoms with Crippen LogP contribution in [0, 0.1) is 0 Å². The third-order valence-corrected chi connectivity index (χ3v) is 3.28. The minimum Gasteiger partial charge on any atom is -0.480 e. The number of amides is 1. The molecule has 1 amide bonds. The molecule has 2 rings (SSSR count). The third-order valence-electron chi connectivity index (χ3n) is 3.28. The Hall–Kier alpha value is -1.88. The Kier molecular flexibility index (Phi) is 4.16. The van der Waals surface area contributed by atoms with Crippen LogP contribution >= 0.6 is 0 Å². The highest BCUT2D eigenvalue weighted by Crippen LogP contribution is 2.21. The number of nitrogens with zero attached hydrogens (tertiary/aromatic N) is 1. The van der Waals surface area contributed by atoms with Crippen LogP contribution in [0.15, 0.2) is 30.3 Å². The molecule has 19 heavy (non-hydrogen) atoms. The van der Waals surface area contributed by atoms with Gasteiger partial charge in [-0.05, 0) is 5.56 Å². The Morgan fingerprint density at radius 1 is 1.37 bits per heavy atom. The Labute approximate surface area is 111 Å². The predicted octanol–water partition coefficient (Wildman–Crippen LogP) is 1.28. The van der Waals surface area contributed by atoms with E-state index in [1.54, 1.807) is 0 Å². The summed E-state index contributed by atoms with van der Waals surface area (Å²) < 4.78 is 5.69. The van der Waals surface area contributed by atoms with E-state index < -0.39 is 12.0 Å². The number of aliphatic carboxylic acids is 1. The van der Waals surface area contributed by atoms with Gasteiger partial charge in [0.2, 0.25) is 5.91 Å². The summed E-state index contributed by atoms with van der Waals surface area (Å²) in [7, 11) is 0. The summed E-state index contributed by atoms with van der Waals surface area (Å²) in [4.78, 5) is 23.8. The van der Waals surface area contributed by atoms with Crippen LogP contribution in [-0.4, -0.2) is 40.6 Å². The van der Waals surface area contributed by atoms with Crippen LogP contribution in [0.3, 0.4) is 0 Å². The van der Waals surface area contributed by atoms with Crippen LogP contribution in [-0.2, 0) is 20.9 Å². The normalized spacial score (nSPS) is 22.5. The van der Waals surface area contributed by atoms with Gasteiger partial charge in [0.15, 0.2) is 0 Å². The van der Waals surface area contributed by atoms with Gasteiger partial charge >= 0.3 is 5.97 Å². The van der Waals surface area contributed by atoms with Gasteiger partial charge in [0.05, 0.1) is 12.7 Å². The summed E-state index contributed by atoms with van der Waals surface area (Å²) in [6.45, 7) is 2.16. The first-order valence-electron chi connectivity index (χ1n) is 6.23. The largest absolute Gasteiger partial charge is 0.480 e. The number of carbonyl (C=O) groups is 2. The Balaban J connectivity index is 1.93. The van der Waals surface area contributed by atoms with Crippen LogP contribution in [0.2, 0.25) is 0 Å². The van der Waals surface area contributed by atoms with Crippen molar-refractivity contribution in [1.29, 1.82) is 0 Å². The number of carboxylic acid groups (broad SMARTS) is 1. The number of hydrogen-bond donors (Lipinski definition) is 1. The zero-order valence-electron chi connectivity index (χ0n) is 10.8. The van der Waals surface area contributed by atoms with E-state index in [2.05, 4.69) is 0 Å². The van der Waals surface area contributed by atoms with Crippen molar-refractivity contribution in [3.05, 3.63) is 35.9 Å². The van der Waals surface area contributed by atoms with Gasteiger partial charge < -0.3 is 14.7 Å². The molecule has 1 aromatic rings. The van der Waals surface area contributed by atoms with Crippen LogP contribution in [0.1, 0.15) is 18.9 Å². The number of carbonyl (C=O) groups excluding carboxylic acids is 1. The summed E-state index contributed by atoms with van der Waals surface area (Å²) in [5, 5.41) is 9.09. The van der Waals surface area contributed by atoms with Gasteiger partial charge in [0.1, 0.15) is 6.04 Å². The Morgan fingerprint density at radius 2 is 2.05 bits per heavy atom. The lowest BCUT2D eigenvalue weighted by Gasteiger charge is -2.18. The second-order valence-electron chi connectivity index (χ2n) is 4.68. The molecule has 1 aliphatic heterocycles. The molecule has 0 unspecified atom stereocenters. The maximum Gasteiger partial charge on any atom is 0.326 e. The van der Waals surface area contributed by atoms with E-state index in [-0.39, 0.29) is 12.0 Å². The molecule has 0 spiro atoms. The summed E-state index contributed by atoms with van der Waals surface area (Å²) in [5.41, 5.74) is 1.04. The van der Waals surface area contributed by atoms with Crippen molar-refractivity contribution in [3.63, 3.8) is 0 Å². The average molecular weight is 263 g/mol. The maximum absolute atomic E-state index is 11.4. The number of benzene rings is 1. The lowest BCUT2D eigenvalue weighted by Crippen LogP contribution is -2.39. The summed E-state index contributed by atoms with van der Waals surface area (Å²) >= 11 is 0. The zero-order valence-corrected chi connectivity index (χ0v) is 10.8. The quantitative estimate of drug-likeness (QED) is 0.888. The van der Waals surface area contributed by atoms with E-state index in [9.17, 15) is 9.59 Å². The van der Waals surface area contributed by atoms with E-state index in [0.717, 1.165) is 5.56 Å². The monoisotopic (exact) mass is 263 g/mol. The fourth-order valence-electron chi connectivity index (χ4n) is 2.29. The van der Waals surface area contributed by atoms with Gasteiger partial charge in [-0.2, -0.15) is 0 Å². The van der Waals surface area contributed by atoms with Crippen molar-refractivity contribution >= 4 is 11.9 Å². The van der Waals surface area contributed by atoms with E-state index in [4.69, 9.17) is 9.84 Å². The summed E-state index contributed by atoms with van der Waals surface area (Å²) in [6.07, 6.45) is 0.132. The van der Waals surface area contributed by atoms with Crippen molar-refractivity contribution in [2.75, 3.05) is 6.54 Å². The SMILES string of the molecule is CC(=O)N1C[C@H](OCc2ccccc2)C[C@H]1C(=O)O. The highest BCUT2D eigenvalue weighted by Gasteiger charge is 2.38. The molecule has 1 heterocycles. The molecule has 0 bridgehead atoms. The second kappa shape index (κ2) is 5.84. The third kappa shape index (κ3) is 3.32. The lowest BCUT2D eigenvalue weighted by atomic mass is 10.2. The predicted molar refractivity (Wildman–Crippen MR) is 68.4 cm³/mol. The van der Waals surface area contributed by atoms with E-state index in [1.807, 2.05) is 30.3 Å². The number of carboxylic acids is 1. The van der Waals surface area contributed by atoms with Crippen molar-refractivity contribution in [1.82, 2.24) is 4.90 Å². The van der Waals surface area contributed by atoms with Gasteiger partial charge in [-0.25, -0.2) is 4.79 Å². The van der Waals surface area contributed by atoms with Crippen molar-refractivity contribution in [2.24, 2.45) is 0 Å². The van der Waals surface area contributed by atoms with Crippen LogP contribution < -0.4 is 0 Å². The molecular weight excluding hydrogens is 246 g/mol. The van der Waals surface area contributed by atoms with Crippen molar-refractivity contribution < 1.29 is 19.4 Å². The molecule has 102 valence electrons. The molecule has 0 aliphatic carbocycles. The van der Waals surface area contributed by atoms with Gasteiger partial charge in [0.25, 0.3) is 0 Å². The topological polar surface area (TPSA) is 66.8 Å². The van der Waals surface area contributed by atoms with Crippen LogP contribution in [0.25, 0.3) is 0 Å². The smallest absolute Gasteiger partial charge is 0.326 e. The fraction of sp³-hybridized carbons (Fsp3) is 0.429. The van der Waals surface area contributed by atoms with Crippen LogP contribution in [0.5, 0.6) is 0 Å². The molecule has 1 N–H and O–H groups in total. The zero-order chi connectivity index (χ0) is 13.8. The fourth-order valence-corrected chi connectivity index (χ4v) is 2.29. The number of hydrogen-bond acceptors (Lipinski definition) is 3. The highest BCUT2D eigenvalue weighted by atomic mass is 16.5. The van der Waals surface area contributed by atoms with Crippen LogP contribution in [0.4, 0.5) is 0 Å². The van der Waals surface area contributed by atoms with E-state index in [1.165, 1.54) is 11.8 Å². The minimum absolute atomic E-state index is 0.217. The first kappa shape index (κ1) is 13.5. The summed E-state index contributed by atoms with van der Waals surface area (Å²) in [6, 6.07) is 8.92. The first-order valence-corrected chi connectivity index (χ1v) is 6.23. The van der Waals surface area contributed by atoms with Crippen molar-refractivity contribution in [2.45, 2.75) is 32.1 Å². The minimum atomic E-state index is -0.971. The molecular formula is C14H17NO4. The Morgan fingerprint density at radius 3 is 2.58 bits per heavy atom. The maximum atomic E-state index is 11.4. The van der Waals surface area contributed by atoms with Gasteiger partial charge in [0, 0.05) is 19.9 Å². The molecule has 0 radical (unpaired) electrons. The molecule has 0 saturated carbocycles. The van der Waals surface area contributed by atoms with Crippen molar-refractivity contribution in [3.8, 4) is 0 Å². The molecule has 1 fully saturated rings. The molecule has 1 saturated heterocycles. The number of rotatable bonds is 4. The number of likely N-dealkylation sites (tertiary alicyclic amines) is 1. The molecule has 5 nitrogen and oxygen atoms in total. The average Bonchev–Trinajstić information content (AvgIpc) is 2.82. The first-order chi connectivity index (χ1) is 9.08. The summed E-state index contributed by atoms with van der Waals surface area (Å²) in [5.74, 6) is -1.20. The standard InChI is InChI=1S/C14H17NO4/c1-10(16)15-8-12(7-13(15)14(17)18)19-9-11-5-3-2-4-6-11/h2-6,12-13H,7-9H2,1H3,(H,17,18)/t12-,13+/m1/s1. The lowest BCUT2D eigenvalue weighted by molar-refractivity contribution is -0.147.